The van der Waals surface area contributed by atoms with Gasteiger partial charge in [-0.2, -0.15) is 0 Å². The topological polar surface area (TPSA) is 48.5 Å². The van der Waals surface area contributed by atoms with Gasteiger partial charge in [-0.1, -0.05) is 6.92 Å². The van der Waals surface area contributed by atoms with Crippen LogP contribution in [0.5, 0.6) is 0 Å². The number of rotatable bonds is 5. The molecule has 0 saturated carbocycles. The molecule has 0 radical (unpaired) electrons. The molecule has 1 atom stereocenters. The largest absolute Gasteiger partial charge is 0.353 e. The molecule has 1 fully saturated rings. The molecule has 0 aromatic carbocycles. The minimum absolute atomic E-state index is 0.00671. The summed E-state index contributed by atoms with van der Waals surface area (Å²) in [6.45, 7) is 5.36. The molecule has 1 aromatic rings. The molecular formula is C13H22N4OS. The van der Waals surface area contributed by atoms with Crippen molar-refractivity contribution >= 4 is 17.2 Å². The number of piperazine rings is 1. The smallest absolute Gasteiger partial charge is 0.237 e. The highest BCUT2D eigenvalue weighted by molar-refractivity contribution is 7.09. The number of hydrogen-bond acceptors (Lipinski definition) is 5. The first-order chi connectivity index (χ1) is 9.10. The molecule has 106 valence electrons. The van der Waals surface area contributed by atoms with E-state index in [4.69, 9.17) is 0 Å². The highest BCUT2D eigenvalue weighted by Gasteiger charge is 2.28. The van der Waals surface area contributed by atoms with E-state index in [1.54, 1.807) is 11.3 Å². The van der Waals surface area contributed by atoms with Crippen LogP contribution in [-0.2, 0) is 17.9 Å². The van der Waals surface area contributed by atoms with Crippen LogP contribution in [0.3, 0.4) is 0 Å². The van der Waals surface area contributed by atoms with Crippen molar-refractivity contribution in [1.29, 1.82) is 0 Å². The highest BCUT2D eigenvalue weighted by Crippen LogP contribution is 2.16. The van der Waals surface area contributed by atoms with Crippen LogP contribution in [0.4, 0.5) is 0 Å². The molecule has 0 bridgehead atoms. The summed E-state index contributed by atoms with van der Waals surface area (Å²) in [4.78, 5) is 20.8. The van der Waals surface area contributed by atoms with Crippen LogP contribution in [0.25, 0.3) is 0 Å². The van der Waals surface area contributed by atoms with E-state index in [1.807, 2.05) is 14.1 Å². The van der Waals surface area contributed by atoms with Gasteiger partial charge in [0.25, 0.3) is 0 Å². The minimum Gasteiger partial charge on any atom is -0.353 e. The van der Waals surface area contributed by atoms with E-state index < -0.39 is 0 Å². The predicted molar refractivity (Wildman–Crippen MR) is 77.0 cm³/mol. The number of hydrogen-bond donors (Lipinski definition) is 1. The summed E-state index contributed by atoms with van der Waals surface area (Å²) in [7, 11) is 4.09. The van der Waals surface area contributed by atoms with E-state index in [2.05, 4.69) is 32.4 Å². The Morgan fingerprint density at radius 2 is 2.37 bits per heavy atom. The molecule has 19 heavy (non-hydrogen) atoms. The Bertz CT molecular complexity index is 432. The Kier molecular flexibility index (Phi) is 4.90. The van der Waals surface area contributed by atoms with Crippen LogP contribution < -0.4 is 5.32 Å². The van der Waals surface area contributed by atoms with Gasteiger partial charge in [0.05, 0.1) is 11.7 Å². The summed E-state index contributed by atoms with van der Waals surface area (Å²) >= 11 is 1.70. The van der Waals surface area contributed by atoms with Crippen molar-refractivity contribution in [2.24, 2.45) is 0 Å². The van der Waals surface area contributed by atoms with Gasteiger partial charge in [0.2, 0.25) is 5.91 Å². The van der Waals surface area contributed by atoms with Crippen LogP contribution in [0, 0.1) is 0 Å². The second kappa shape index (κ2) is 6.45. The first-order valence-electron chi connectivity index (χ1n) is 6.70. The number of carbonyl (C=O) groups excluding carboxylic acids is 1. The summed E-state index contributed by atoms with van der Waals surface area (Å²) < 4.78 is 0. The van der Waals surface area contributed by atoms with Gasteiger partial charge in [-0.15, -0.1) is 11.3 Å². The van der Waals surface area contributed by atoms with Gasteiger partial charge in [-0.25, -0.2) is 4.98 Å². The molecule has 0 spiro atoms. The van der Waals surface area contributed by atoms with Gasteiger partial charge < -0.3 is 10.2 Å². The summed E-state index contributed by atoms with van der Waals surface area (Å²) in [5, 5.41) is 6.17. The predicted octanol–water partition coefficient (Wildman–Crippen LogP) is 0.915. The summed E-state index contributed by atoms with van der Waals surface area (Å²) in [6, 6.07) is -0.00671. The maximum Gasteiger partial charge on any atom is 0.237 e. The number of aromatic nitrogens is 1. The molecule has 1 aromatic heterocycles. The Morgan fingerprint density at radius 1 is 1.58 bits per heavy atom. The SMILES string of the molecule is CCC1C(=O)NCCN1Cc1csc(CN(C)C)n1. The molecule has 1 aliphatic rings. The van der Waals surface area contributed by atoms with Crippen molar-refractivity contribution in [1.82, 2.24) is 20.1 Å². The molecule has 1 N–H and O–H groups in total. The molecule has 2 heterocycles. The van der Waals surface area contributed by atoms with Crippen LogP contribution in [-0.4, -0.2) is 53.9 Å². The molecule has 2 rings (SSSR count). The molecule has 1 saturated heterocycles. The maximum atomic E-state index is 11.8. The molecule has 1 unspecified atom stereocenters. The van der Waals surface area contributed by atoms with Crippen LogP contribution in [0.2, 0.25) is 0 Å². The van der Waals surface area contributed by atoms with Crippen molar-refractivity contribution in [3.63, 3.8) is 0 Å². The lowest BCUT2D eigenvalue weighted by Gasteiger charge is -2.33. The van der Waals surface area contributed by atoms with E-state index >= 15 is 0 Å². The number of nitrogens with zero attached hydrogens (tertiary/aromatic N) is 3. The Labute approximate surface area is 118 Å². The van der Waals surface area contributed by atoms with Gasteiger partial charge in [-0.05, 0) is 20.5 Å². The third kappa shape index (κ3) is 3.75. The highest BCUT2D eigenvalue weighted by atomic mass is 32.1. The van der Waals surface area contributed by atoms with Gasteiger partial charge in [-0.3, -0.25) is 9.69 Å². The third-order valence-corrected chi connectivity index (χ3v) is 4.13. The second-order valence-electron chi connectivity index (χ2n) is 5.16. The van der Waals surface area contributed by atoms with Gasteiger partial charge in [0.15, 0.2) is 0 Å². The molecule has 1 aliphatic heterocycles. The van der Waals surface area contributed by atoms with Gasteiger partial charge in [0, 0.05) is 31.6 Å². The summed E-state index contributed by atoms with van der Waals surface area (Å²) in [6.07, 6.45) is 0.848. The number of nitrogens with one attached hydrogen (secondary N) is 1. The molecular weight excluding hydrogens is 260 g/mol. The standard InChI is InChI=1S/C13H22N4OS/c1-4-11-13(18)14-5-6-17(11)7-10-9-19-12(15-10)8-16(2)3/h9,11H,4-8H2,1-3H3,(H,14,18). The lowest BCUT2D eigenvalue weighted by Crippen LogP contribution is -2.54. The molecule has 5 nitrogen and oxygen atoms in total. The zero-order valence-electron chi connectivity index (χ0n) is 11.8. The first kappa shape index (κ1) is 14.4. The first-order valence-corrected chi connectivity index (χ1v) is 7.58. The summed E-state index contributed by atoms with van der Waals surface area (Å²) in [5.74, 6) is 0.150. The fourth-order valence-corrected chi connectivity index (χ4v) is 3.27. The molecule has 6 heteroatoms. The van der Waals surface area contributed by atoms with Gasteiger partial charge in [0.1, 0.15) is 5.01 Å². The maximum absolute atomic E-state index is 11.8. The number of amides is 1. The van der Waals surface area contributed by atoms with E-state index in [1.165, 1.54) is 0 Å². The second-order valence-corrected chi connectivity index (χ2v) is 6.10. The Balaban J connectivity index is 1.99. The van der Waals surface area contributed by atoms with Crippen LogP contribution in [0.1, 0.15) is 24.0 Å². The van der Waals surface area contributed by atoms with Crippen molar-refractivity contribution in [2.75, 3.05) is 27.2 Å². The monoisotopic (exact) mass is 282 g/mol. The lowest BCUT2D eigenvalue weighted by atomic mass is 10.1. The third-order valence-electron chi connectivity index (χ3n) is 3.24. The number of thiazole rings is 1. The van der Waals surface area contributed by atoms with Gasteiger partial charge >= 0.3 is 0 Å². The fourth-order valence-electron chi connectivity index (χ4n) is 2.37. The average Bonchev–Trinajstić information content (AvgIpc) is 2.76. The van der Waals surface area contributed by atoms with E-state index in [9.17, 15) is 4.79 Å². The zero-order chi connectivity index (χ0) is 13.8. The van der Waals surface area contributed by atoms with E-state index in [-0.39, 0.29) is 11.9 Å². The Morgan fingerprint density at radius 3 is 3.05 bits per heavy atom. The van der Waals surface area contributed by atoms with Crippen molar-refractivity contribution in [3.05, 3.63) is 16.1 Å². The zero-order valence-corrected chi connectivity index (χ0v) is 12.7. The molecule has 0 aliphatic carbocycles. The number of carbonyl (C=O) groups is 1. The van der Waals surface area contributed by atoms with E-state index in [0.717, 1.165) is 43.3 Å². The van der Waals surface area contributed by atoms with Crippen molar-refractivity contribution in [3.8, 4) is 0 Å². The quantitative estimate of drug-likeness (QED) is 0.872. The van der Waals surface area contributed by atoms with Crippen molar-refractivity contribution in [2.45, 2.75) is 32.5 Å². The minimum atomic E-state index is -0.00671. The van der Waals surface area contributed by atoms with Crippen LogP contribution >= 0.6 is 11.3 Å². The van der Waals surface area contributed by atoms with Crippen LogP contribution in [0.15, 0.2) is 5.38 Å². The van der Waals surface area contributed by atoms with Crippen molar-refractivity contribution < 1.29 is 4.79 Å². The molecule has 1 amide bonds. The average molecular weight is 282 g/mol. The Hall–Kier alpha value is -0.980. The van der Waals surface area contributed by atoms with E-state index in [0.29, 0.717) is 0 Å². The fraction of sp³-hybridized carbons (Fsp3) is 0.692. The lowest BCUT2D eigenvalue weighted by molar-refractivity contribution is -0.129. The normalized spacial score (nSPS) is 20.8. The summed E-state index contributed by atoms with van der Waals surface area (Å²) in [5.41, 5.74) is 1.08.